The summed E-state index contributed by atoms with van der Waals surface area (Å²) in [5.74, 6) is 5.21. The molecule has 7 heteroatoms. The maximum atomic E-state index is 11.6. The minimum absolute atomic E-state index is 0.162. The molecule has 0 aliphatic heterocycles. The van der Waals surface area contributed by atoms with Crippen LogP contribution in [-0.2, 0) is 4.74 Å². The van der Waals surface area contributed by atoms with Crippen LogP contribution in [0.5, 0.6) is 0 Å². The Bertz CT molecular complexity index is 492. The highest BCUT2D eigenvalue weighted by Gasteiger charge is 2.24. The fraction of sp³-hybridized carbons (Fsp3) is 0.111. The molecule has 2 heterocycles. The first-order valence-corrected chi connectivity index (χ1v) is 5.24. The molecule has 16 heavy (non-hydrogen) atoms. The SMILES string of the molecule is COC(=O)c1c(NN)noc1-c1cccs1. The number of hydrogen-bond acceptors (Lipinski definition) is 7. The number of anilines is 1. The molecule has 6 nitrogen and oxygen atoms in total. The van der Waals surface area contributed by atoms with E-state index in [1.54, 1.807) is 0 Å². The Morgan fingerprint density at radius 1 is 1.69 bits per heavy atom. The molecule has 0 unspecified atom stereocenters. The third-order valence-electron chi connectivity index (χ3n) is 1.96. The summed E-state index contributed by atoms with van der Waals surface area (Å²) in [6, 6.07) is 3.66. The number of rotatable bonds is 3. The summed E-state index contributed by atoms with van der Waals surface area (Å²) in [6.45, 7) is 0. The van der Waals surface area contributed by atoms with Gasteiger partial charge in [-0.05, 0) is 11.4 Å². The van der Waals surface area contributed by atoms with Gasteiger partial charge in [0.25, 0.3) is 0 Å². The van der Waals surface area contributed by atoms with Crippen molar-refractivity contribution in [2.75, 3.05) is 12.5 Å². The molecule has 0 radical (unpaired) electrons. The van der Waals surface area contributed by atoms with Crippen molar-refractivity contribution >= 4 is 23.1 Å². The summed E-state index contributed by atoms with van der Waals surface area (Å²) >= 11 is 1.43. The molecular formula is C9H9N3O3S. The van der Waals surface area contributed by atoms with Crippen molar-refractivity contribution in [2.45, 2.75) is 0 Å². The van der Waals surface area contributed by atoms with Gasteiger partial charge in [-0.15, -0.1) is 11.3 Å². The Morgan fingerprint density at radius 2 is 2.50 bits per heavy atom. The van der Waals surface area contributed by atoms with E-state index >= 15 is 0 Å². The molecule has 0 amide bonds. The molecule has 0 atom stereocenters. The Kier molecular flexibility index (Phi) is 2.88. The minimum Gasteiger partial charge on any atom is -0.465 e. The van der Waals surface area contributed by atoms with E-state index < -0.39 is 5.97 Å². The number of nitrogens with one attached hydrogen (secondary N) is 1. The number of methoxy groups -OCH3 is 1. The van der Waals surface area contributed by atoms with E-state index in [0.29, 0.717) is 5.76 Å². The van der Waals surface area contributed by atoms with Crippen LogP contribution in [0.3, 0.4) is 0 Å². The molecule has 0 aliphatic carbocycles. The van der Waals surface area contributed by atoms with Gasteiger partial charge >= 0.3 is 5.97 Å². The van der Waals surface area contributed by atoms with E-state index in [1.807, 2.05) is 17.5 Å². The van der Waals surface area contributed by atoms with Crippen molar-refractivity contribution in [3.05, 3.63) is 23.1 Å². The van der Waals surface area contributed by atoms with E-state index in [0.717, 1.165) is 4.88 Å². The van der Waals surface area contributed by atoms with Gasteiger partial charge in [-0.3, -0.25) is 0 Å². The van der Waals surface area contributed by atoms with E-state index in [4.69, 9.17) is 10.4 Å². The fourth-order valence-corrected chi connectivity index (χ4v) is 1.96. The molecule has 84 valence electrons. The molecule has 0 saturated carbocycles. The number of hydrazine groups is 1. The van der Waals surface area contributed by atoms with Crippen LogP contribution in [0.4, 0.5) is 5.82 Å². The quantitative estimate of drug-likeness (QED) is 0.479. The van der Waals surface area contributed by atoms with Gasteiger partial charge in [-0.2, -0.15) is 0 Å². The highest BCUT2D eigenvalue weighted by Crippen LogP contribution is 2.32. The van der Waals surface area contributed by atoms with Crippen molar-refractivity contribution in [3.63, 3.8) is 0 Å². The molecule has 2 aromatic heterocycles. The molecule has 2 rings (SSSR count). The summed E-state index contributed by atoms with van der Waals surface area (Å²) < 4.78 is 9.72. The topological polar surface area (TPSA) is 90.4 Å². The molecule has 0 aliphatic rings. The predicted octanol–water partition coefficient (Wildman–Crippen LogP) is 1.48. The second-order valence-corrected chi connectivity index (χ2v) is 3.80. The summed E-state index contributed by atoms with van der Waals surface area (Å²) in [7, 11) is 1.29. The fourth-order valence-electron chi connectivity index (χ4n) is 1.26. The summed E-state index contributed by atoms with van der Waals surface area (Å²) in [5, 5.41) is 5.52. The van der Waals surface area contributed by atoms with Gasteiger partial charge in [0.1, 0.15) is 0 Å². The number of nitrogen functional groups attached to an aromatic ring is 1. The normalized spacial score (nSPS) is 10.1. The monoisotopic (exact) mass is 239 g/mol. The first kappa shape index (κ1) is 10.7. The third-order valence-corrected chi connectivity index (χ3v) is 2.83. The molecule has 0 aromatic carbocycles. The standard InChI is InChI=1S/C9H9N3O3S/c1-14-9(13)6-7(5-3-2-4-16-5)15-12-8(6)11-10/h2-4H,10H2,1H3,(H,11,12). The molecule has 0 fully saturated rings. The van der Waals surface area contributed by atoms with Gasteiger partial charge < -0.3 is 14.7 Å². The van der Waals surface area contributed by atoms with E-state index in [9.17, 15) is 4.79 Å². The number of esters is 1. The van der Waals surface area contributed by atoms with Crippen LogP contribution in [0.1, 0.15) is 10.4 Å². The van der Waals surface area contributed by atoms with Crippen molar-refractivity contribution in [1.82, 2.24) is 5.16 Å². The number of ether oxygens (including phenoxy) is 1. The Hall–Kier alpha value is -1.86. The van der Waals surface area contributed by atoms with E-state index in [-0.39, 0.29) is 11.4 Å². The maximum Gasteiger partial charge on any atom is 0.345 e. The van der Waals surface area contributed by atoms with Crippen molar-refractivity contribution in [1.29, 1.82) is 0 Å². The zero-order chi connectivity index (χ0) is 11.5. The van der Waals surface area contributed by atoms with Crippen LogP contribution in [0.15, 0.2) is 22.0 Å². The number of nitrogens with two attached hydrogens (primary N) is 1. The van der Waals surface area contributed by atoms with E-state index in [1.165, 1.54) is 18.4 Å². The molecule has 2 aromatic rings. The molecular weight excluding hydrogens is 230 g/mol. The lowest BCUT2D eigenvalue weighted by molar-refractivity contribution is 0.0602. The van der Waals surface area contributed by atoms with Crippen LogP contribution < -0.4 is 11.3 Å². The van der Waals surface area contributed by atoms with Gasteiger partial charge in [0.05, 0.1) is 12.0 Å². The van der Waals surface area contributed by atoms with Crippen molar-refractivity contribution in [3.8, 4) is 10.6 Å². The number of nitrogens with zero attached hydrogens (tertiary/aromatic N) is 1. The van der Waals surface area contributed by atoms with Crippen LogP contribution in [0.2, 0.25) is 0 Å². The van der Waals surface area contributed by atoms with Crippen molar-refractivity contribution in [2.24, 2.45) is 5.84 Å². The first-order chi connectivity index (χ1) is 7.77. The first-order valence-electron chi connectivity index (χ1n) is 4.36. The summed E-state index contributed by atoms with van der Waals surface area (Å²) in [4.78, 5) is 12.3. The number of thiophene rings is 1. The second kappa shape index (κ2) is 4.33. The minimum atomic E-state index is -0.544. The number of aromatic nitrogens is 1. The maximum absolute atomic E-state index is 11.6. The van der Waals surface area contributed by atoms with Gasteiger partial charge in [0.15, 0.2) is 17.1 Å². The average molecular weight is 239 g/mol. The zero-order valence-corrected chi connectivity index (χ0v) is 9.21. The van der Waals surface area contributed by atoms with Crippen LogP contribution in [-0.4, -0.2) is 18.2 Å². The van der Waals surface area contributed by atoms with Crippen LogP contribution in [0, 0.1) is 0 Å². The molecule has 0 spiro atoms. The highest BCUT2D eigenvalue weighted by atomic mass is 32.1. The van der Waals surface area contributed by atoms with Gasteiger partial charge in [0, 0.05) is 0 Å². The lowest BCUT2D eigenvalue weighted by atomic mass is 10.2. The number of carbonyl (C=O) groups excluding carboxylic acids is 1. The van der Waals surface area contributed by atoms with Crippen molar-refractivity contribution < 1.29 is 14.1 Å². The van der Waals surface area contributed by atoms with E-state index in [2.05, 4.69) is 15.3 Å². The third kappa shape index (κ3) is 1.66. The second-order valence-electron chi connectivity index (χ2n) is 2.85. The van der Waals surface area contributed by atoms with Crippen LogP contribution in [0.25, 0.3) is 10.6 Å². The molecule has 0 saturated heterocycles. The van der Waals surface area contributed by atoms with Gasteiger partial charge in [-0.25, -0.2) is 10.6 Å². The molecule has 0 bridgehead atoms. The van der Waals surface area contributed by atoms with Gasteiger partial charge in [0.2, 0.25) is 0 Å². The van der Waals surface area contributed by atoms with Crippen LogP contribution >= 0.6 is 11.3 Å². The largest absolute Gasteiger partial charge is 0.465 e. The number of hydrogen-bond donors (Lipinski definition) is 2. The summed E-state index contributed by atoms with van der Waals surface area (Å²) in [6.07, 6.45) is 0. The lowest BCUT2D eigenvalue weighted by Gasteiger charge is -1.99. The average Bonchev–Trinajstić information content (AvgIpc) is 2.95. The Balaban J connectivity index is 2.54. The lowest BCUT2D eigenvalue weighted by Crippen LogP contribution is -2.12. The smallest absolute Gasteiger partial charge is 0.345 e. The summed E-state index contributed by atoms with van der Waals surface area (Å²) in [5.41, 5.74) is 2.49. The predicted molar refractivity (Wildman–Crippen MR) is 59.0 cm³/mol. The number of carbonyl (C=O) groups is 1. The Morgan fingerprint density at radius 3 is 3.06 bits per heavy atom. The van der Waals surface area contributed by atoms with Gasteiger partial charge in [-0.1, -0.05) is 11.2 Å². The Labute approximate surface area is 95.0 Å². The highest BCUT2D eigenvalue weighted by molar-refractivity contribution is 7.13. The molecule has 3 N–H and O–H groups in total. The zero-order valence-electron chi connectivity index (χ0n) is 8.39.